The Kier molecular flexibility index (Phi) is 8.84. The SMILES string of the molecule is CN=C(NCC(c1cccs1)N(C)C)N1CCN(c2ccccc2O)CC1.I. The second-order valence-corrected chi connectivity index (χ2v) is 7.87. The summed E-state index contributed by atoms with van der Waals surface area (Å²) in [5, 5.41) is 15.7. The van der Waals surface area contributed by atoms with Crippen molar-refractivity contribution < 1.29 is 5.11 Å². The molecule has 28 heavy (non-hydrogen) atoms. The number of benzene rings is 1. The van der Waals surface area contributed by atoms with Crippen LogP contribution in [0.5, 0.6) is 5.75 Å². The summed E-state index contributed by atoms with van der Waals surface area (Å²) in [6.45, 7) is 4.29. The summed E-state index contributed by atoms with van der Waals surface area (Å²) < 4.78 is 0. The van der Waals surface area contributed by atoms with Gasteiger partial charge in [-0.1, -0.05) is 18.2 Å². The molecule has 0 aliphatic carbocycles. The van der Waals surface area contributed by atoms with Crippen LogP contribution in [0.3, 0.4) is 0 Å². The van der Waals surface area contributed by atoms with E-state index >= 15 is 0 Å². The molecule has 1 unspecified atom stereocenters. The molecule has 6 nitrogen and oxygen atoms in total. The number of likely N-dealkylation sites (N-methyl/N-ethyl adjacent to an activating group) is 1. The number of nitrogens with zero attached hydrogens (tertiary/aromatic N) is 4. The van der Waals surface area contributed by atoms with Gasteiger partial charge < -0.3 is 25.1 Å². The van der Waals surface area contributed by atoms with E-state index in [-0.39, 0.29) is 24.0 Å². The highest BCUT2D eigenvalue weighted by Gasteiger charge is 2.22. The van der Waals surface area contributed by atoms with Crippen molar-refractivity contribution >= 4 is 47.0 Å². The van der Waals surface area contributed by atoms with Crippen LogP contribution in [0.15, 0.2) is 46.8 Å². The molecule has 0 amide bonds. The van der Waals surface area contributed by atoms with Gasteiger partial charge in [0.25, 0.3) is 0 Å². The Morgan fingerprint density at radius 3 is 2.46 bits per heavy atom. The van der Waals surface area contributed by atoms with Crippen LogP contribution in [0, 0.1) is 0 Å². The molecule has 1 saturated heterocycles. The summed E-state index contributed by atoms with van der Waals surface area (Å²) in [5.74, 6) is 1.29. The molecule has 3 rings (SSSR count). The van der Waals surface area contributed by atoms with Gasteiger partial charge in [0.15, 0.2) is 5.96 Å². The van der Waals surface area contributed by atoms with Gasteiger partial charge in [-0.05, 0) is 37.7 Å². The smallest absolute Gasteiger partial charge is 0.193 e. The number of phenolic OH excluding ortho intramolecular Hbond substituents is 1. The van der Waals surface area contributed by atoms with Crippen molar-refractivity contribution in [2.75, 3.05) is 58.8 Å². The van der Waals surface area contributed by atoms with Crippen LogP contribution in [0.25, 0.3) is 0 Å². The van der Waals surface area contributed by atoms with Crippen LogP contribution in [0.1, 0.15) is 10.9 Å². The molecule has 2 aromatic rings. The van der Waals surface area contributed by atoms with Crippen molar-refractivity contribution in [1.29, 1.82) is 0 Å². The fraction of sp³-hybridized carbons (Fsp3) is 0.450. The van der Waals surface area contributed by atoms with Crippen molar-refractivity contribution in [3.8, 4) is 5.75 Å². The van der Waals surface area contributed by atoms with Crippen molar-refractivity contribution in [3.05, 3.63) is 46.7 Å². The lowest BCUT2D eigenvalue weighted by atomic mass is 10.2. The summed E-state index contributed by atoms with van der Waals surface area (Å²) >= 11 is 1.79. The highest BCUT2D eigenvalue weighted by Crippen LogP contribution is 2.27. The third-order valence-corrected chi connectivity index (χ3v) is 5.94. The quantitative estimate of drug-likeness (QED) is 0.364. The Bertz CT molecular complexity index is 745. The minimum Gasteiger partial charge on any atom is -0.506 e. The van der Waals surface area contributed by atoms with E-state index in [1.807, 2.05) is 25.2 Å². The van der Waals surface area contributed by atoms with Gasteiger partial charge in [-0.15, -0.1) is 35.3 Å². The van der Waals surface area contributed by atoms with Crippen molar-refractivity contribution in [2.24, 2.45) is 4.99 Å². The fourth-order valence-electron chi connectivity index (χ4n) is 3.43. The molecule has 1 aromatic heterocycles. The van der Waals surface area contributed by atoms with Gasteiger partial charge in [-0.3, -0.25) is 4.99 Å². The Morgan fingerprint density at radius 2 is 1.89 bits per heavy atom. The molecule has 1 fully saturated rings. The number of rotatable bonds is 5. The van der Waals surface area contributed by atoms with Crippen LogP contribution in [0.4, 0.5) is 5.69 Å². The number of aromatic hydroxyl groups is 1. The van der Waals surface area contributed by atoms with E-state index in [2.05, 4.69) is 56.6 Å². The molecule has 2 N–H and O–H groups in total. The lowest BCUT2D eigenvalue weighted by molar-refractivity contribution is 0.296. The molecule has 1 aliphatic heterocycles. The second kappa shape index (κ2) is 10.9. The third-order valence-electron chi connectivity index (χ3n) is 4.96. The molecular weight excluding hydrogens is 485 g/mol. The highest BCUT2D eigenvalue weighted by atomic mass is 127. The Labute approximate surface area is 188 Å². The zero-order valence-electron chi connectivity index (χ0n) is 16.7. The van der Waals surface area contributed by atoms with E-state index in [4.69, 9.17) is 0 Å². The molecule has 1 atom stereocenters. The number of guanidine groups is 1. The molecule has 1 aliphatic rings. The van der Waals surface area contributed by atoms with Gasteiger partial charge in [-0.2, -0.15) is 0 Å². The van der Waals surface area contributed by atoms with Crippen LogP contribution < -0.4 is 10.2 Å². The van der Waals surface area contributed by atoms with E-state index in [1.54, 1.807) is 17.4 Å². The first kappa shape index (κ1) is 22.8. The maximum absolute atomic E-state index is 10.1. The van der Waals surface area contributed by atoms with Crippen LogP contribution in [-0.4, -0.2) is 74.7 Å². The van der Waals surface area contributed by atoms with Gasteiger partial charge in [0.2, 0.25) is 0 Å². The molecule has 154 valence electrons. The topological polar surface area (TPSA) is 54.3 Å². The second-order valence-electron chi connectivity index (χ2n) is 6.89. The predicted molar refractivity (Wildman–Crippen MR) is 129 cm³/mol. The highest BCUT2D eigenvalue weighted by molar-refractivity contribution is 14.0. The van der Waals surface area contributed by atoms with E-state index in [1.165, 1.54) is 4.88 Å². The lowest BCUT2D eigenvalue weighted by Crippen LogP contribution is -2.53. The fourth-order valence-corrected chi connectivity index (χ4v) is 4.35. The number of para-hydroxylation sites is 2. The number of thiophene rings is 1. The minimum absolute atomic E-state index is 0. The van der Waals surface area contributed by atoms with E-state index < -0.39 is 0 Å². The summed E-state index contributed by atoms with van der Waals surface area (Å²) in [6.07, 6.45) is 0. The van der Waals surface area contributed by atoms with Crippen LogP contribution in [0.2, 0.25) is 0 Å². The maximum atomic E-state index is 10.1. The number of nitrogens with one attached hydrogen (secondary N) is 1. The zero-order chi connectivity index (χ0) is 19.2. The van der Waals surface area contributed by atoms with Crippen LogP contribution >= 0.6 is 35.3 Å². The average molecular weight is 515 g/mol. The maximum Gasteiger partial charge on any atom is 0.193 e. The number of anilines is 1. The Morgan fingerprint density at radius 1 is 1.18 bits per heavy atom. The molecule has 1 aromatic carbocycles. The number of hydrogen-bond acceptors (Lipinski definition) is 5. The van der Waals surface area contributed by atoms with Gasteiger partial charge in [-0.25, -0.2) is 0 Å². The van der Waals surface area contributed by atoms with Crippen LogP contribution in [-0.2, 0) is 0 Å². The first-order valence-corrected chi connectivity index (χ1v) is 10.2. The van der Waals surface area contributed by atoms with Gasteiger partial charge in [0, 0.05) is 44.6 Å². The first-order valence-electron chi connectivity index (χ1n) is 9.28. The number of aliphatic imine (C=N–C) groups is 1. The third kappa shape index (κ3) is 5.51. The van der Waals surface area contributed by atoms with E-state index in [0.717, 1.165) is 44.4 Å². The minimum atomic E-state index is 0. The first-order chi connectivity index (χ1) is 13.1. The summed E-state index contributed by atoms with van der Waals surface area (Å²) in [5.41, 5.74) is 0.908. The summed E-state index contributed by atoms with van der Waals surface area (Å²) in [4.78, 5) is 12.6. The molecular formula is C20H30IN5OS. The number of hydrogen-bond donors (Lipinski definition) is 2. The van der Waals surface area contributed by atoms with Crippen molar-refractivity contribution in [1.82, 2.24) is 15.1 Å². The normalized spacial score (nSPS) is 16.1. The van der Waals surface area contributed by atoms with E-state index in [9.17, 15) is 5.11 Å². The molecule has 8 heteroatoms. The zero-order valence-corrected chi connectivity index (χ0v) is 19.9. The van der Waals surface area contributed by atoms with Crippen molar-refractivity contribution in [2.45, 2.75) is 6.04 Å². The number of piperazine rings is 1. The summed E-state index contributed by atoms with van der Waals surface area (Å²) in [6, 6.07) is 12.1. The Balaban J connectivity index is 0.00000280. The monoisotopic (exact) mass is 515 g/mol. The molecule has 0 bridgehead atoms. The lowest BCUT2D eigenvalue weighted by Gasteiger charge is -2.38. The molecule has 0 saturated carbocycles. The summed E-state index contributed by atoms with van der Waals surface area (Å²) in [7, 11) is 6.06. The molecule has 0 radical (unpaired) electrons. The van der Waals surface area contributed by atoms with Crippen molar-refractivity contribution in [3.63, 3.8) is 0 Å². The average Bonchev–Trinajstić information content (AvgIpc) is 3.20. The number of halogens is 1. The van der Waals surface area contributed by atoms with Gasteiger partial charge in [0.1, 0.15) is 5.75 Å². The Hall–Kier alpha value is -1.52. The predicted octanol–water partition coefficient (Wildman–Crippen LogP) is 3.07. The largest absolute Gasteiger partial charge is 0.506 e. The van der Waals surface area contributed by atoms with Gasteiger partial charge >= 0.3 is 0 Å². The standard InChI is InChI=1S/C20H29N5OS.HI/c1-21-20(22-15-17(23(2)3)19-9-6-14-27-19)25-12-10-24(11-13-25)16-7-4-5-8-18(16)26;/h4-9,14,17,26H,10-13,15H2,1-3H3,(H,21,22);1H. The van der Waals surface area contributed by atoms with E-state index in [0.29, 0.717) is 11.8 Å². The molecule has 2 heterocycles. The van der Waals surface area contributed by atoms with Gasteiger partial charge in [0.05, 0.1) is 11.7 Å². The number of phenols is 1. The molecule has 0 spiro atoms.